The first-order chi connectivity index (χ1) is 27.5. The molecule has 0 bridgehead atoms. The van der Waals surface area contributed by atoms with Crippen LogP contribution in [-0.2, 0) is 61.9 Å². The van der Waals surface area contributed by atoms with Crippen molar-refractivity contribution in [2.24, 2.45) is 23.5 Å². The van der Waals surface area contributed by atoms with E-state index in [1.54, 1.807) is 0 Å². The van der Waals surface area contributed by atoms with Gasteiger partial charge in [-0.05, 0) is 38.5 Å². The molecule has 2 saturated heterocycles. The van der Waals surface area contributed by atoms with Crippen molar-refractivity contribution in [3.05, 3.63) is 0 Å². The maximum Gasteiger partial charge on any atom is 0.302 e. The minimum atomic E-state index is -0.781. The molecule has 0 radical (unpaired) electrons. The van der Waals surface area contributed by atoms with E-state index in [4.69, 9.17) is 38.9 Å². The average Bonchev–Trinajstić information content (AvgIpc) is 3.16. The normalized spacial score (nSPS) is 27.5. The Hall–Kier alpha value is -3.38. The summed E-state index contributed by atoms with van der Waals surface area (Å²) in [6.07, 6.45) is 4.64. The molecule has 334 valence electrons. The van der Waals surface area contributed by atoms with Gasteiger partial charge in [-0.3, -0.25) is 28.8 Å². The van der Waals surface area contributed by atoms with Gasteiger partial charge in [0, 0.05) is 78.2 Å². The van der Waals surface area contributed by atoms with Crippen molar-refractivity contribution in [2.75, 3.05) is 32.9 Å². The Morgan fingerprint density at radius 3 is 1.76 bits per heavy atom. The van der Waals surface area contributed by atoms with E-state index in [-0.39, 0.29) is 67.0 Å². The molecule has 0 unspecified atom stereocenters. The van der Waals surface area contributed by atoms with Crippen LogP contribution in [0.4, 0.5) is 0 Å². The molecular weight excluding hydrogens is 756 g/mol. The summed E-state index contributed by atoms with van der Waals surface area (Å²) >= 11 is 0. The molecule has 0 aliphatic carbocycles. The van der Waals surface area contributed by atoms with Gasteiger partial charge < -0.3 is 54.8 Å². The lowest BCUT2D eigenvalue weighted by Gasteiger charge is -2.44. The molecule has 2 rings (SSSR count). The van der Waals surface area contributed by atoms with Crippen molar-refractivity contribution < 1.29 is 61.9 Å². The van der Waals surface area contributed by atoms with E-state index in [1.807, 2.05) is 27.7 Å². The standard InChI is InChI=1S/C41H72N4O13/c1-9-33-25(2)38(56-31(8)49)36(45-28(5)46)41(57-33)53-23-17-13-11-15-21-44-39(51)32(42)18-19-35(50)43-20-14-10-12-16-22-52-40-27(4)37(55-30(7)48)26(3)34(58-40)24-54-29(6)47/h25-27,32-34,36-38,40-41H,9-24,42H2,1-8H3,(H,43,50)(H,44,51)(H,45,46)/t25-,26-,27+,32-,33+,34+,36+,37-,38-,40+,41+/m0/s1. The molecule has 2 aliphatic heterocycles. The summed E-state index contributed by atoms with van der Waals surface area (Å²) in [4.78, 5) is 71.6. The minimum Gasteiger partial charge on any atom is -0.463 e. The second-order valence-electron chi connectivity index (χ2n) is 15.6. The Kier molecular flexibility index (Phi) is 24.0. The summed E-state index contributed by atoms with van der Waals surface area (Å²) < 4.78 is 40.6. The summed E-state index contributed by atoms with van der Waals surface area (Å²) in [5.74, 6) is -2.43. The van der Waals surface area contributed by atoms with Crippen LogP contribution in [0.15, 0.2) is 0 Å². The smallest absolute Gasteiger partial charge is 0.302 e. The highest BCUT2D eigenvalue weighted by atomic mass is 16.7. The predicted octanol–water partition coefficient (Wildman–Crippen LogP) is 3.18. The highest BCUT2D eigenvalue weighted by Gasteiger charge is 2.47. The van der Waals surface area contributed by atoms with Crippen LogP contribution in [-0.4, -0.2) is 118 Å². The van der Waals surface area contributed by atoms with Gasteiger partial charge in [-0.25, -0.2) is 0 Å². The molecule has 58 heavy (non-hydrogen) atoms. The molecule has 0 aromatic heterocycles. The quantitative estimate of drug-likeness (QED) is 0.0558. The highest BCUT2D eigenvalue weighted by molar-refractivity contribution is 5.83. The number of carbonyl (C=O) groups excluding carboxylic acids is 6. The van der Waals surface area contributed by atoms with Gasteiger partial charge in [-0.15, -0.1) is 0 Å². The first-order valence-electron chi connectivity index (χ1n) is 21.1. The van der Waals surface area contributed by atoms with E-state index in [0.29, 0.717) is 32.7 Å². The average molecular weight is 829 g/mol. The molecular formula is C41H72N4O13. The molecule has 17 heteroatoms. The molecule has 2 aliphatic rings. The van der Waals surface area contributed by atoms with Gasteiger partial charge in [0.1, 0.15) is 31.0 Å². The molecule has 0 spiro atoms. The fourth-order valence-electron chi connectivity index (χ4n) is 7.33. The number of nitrogens with two attached hydrogens (primary N) is 1. The first-order valence-corrected chi connectivity index (χ1v) is 21.1. The number of amides is 3. The van der Waals surface area contributed by atoms with Crippen LogP contribution in [0.5, 0.6) is 0 Å². The molecule has 5 N–H and O–H groups in total. The van der Waals surface area contributed by atoms with E-state index in [0.717, 1.165) is 51.4 Å². The predicted molar refractivity (Wildman–Crippen MR) is 213 cm³/mol. The molecule has 11 atom stereocenters. The SMILES string of the molecule is CC[C@H]1O[C@@H](OCCCCCCNC(=O)[C@@H](N)CCC(=O)NCCCCCCO[C@@H]2O[C@H](COC(C)=O)[C@H](C)[C@H](OC(C)=O)[C@H]2C)[C@H](NC(C)=O)[C@@H](OC(C)=O)[C@H]1C. The third-order valence-electron chi connectivity index (χ3n) is 10.6. The van der Waals surface area contributed by atoms with Crippen LogP contribution in [0.25, 0.3) is 0 Å². The first kappa shape index (κ1) is 50.8. The van der Waals surface area contributed by atoms with Crippen LogP contribution in [0.1, 0.15) is 126 Å². The topological polar surface area (TPSA) is 229 Å². The minimum absolute atomic E-state index is 0.0522. The molecule has 0 saturated carbocycles. The lowest BCUT2D eigenvalue weighted by atomic mass is 9.85. The number of esters is 3. The molecule has 0 aromatic carbocycles. The van der Waals surface area contributed by atoms with Gasteiger partial charge in [-0.1, -0.05) is 53.4 Å². The number of hydrogen-bond donors (Lipinski definition) is 4. The van der Waals surface area contributed by atoms with Gasteiger partial charge in [0.15, 0.2) is 12.6 Å². The maximum absolute atomic E-state index is 12.5. The molecule has 2 heterocycles. The zero-order valence-electron chi connectivity index (χ0n) is 36.0. The van der Waals surface area contributed by atoms with Crippen molar-refractivity contribution in [2.45, 2.75) is 175 Å². The molecule has 2 fully saturated rings. The second kappa shape index (κ2) is 27.4. The Morgan fingerprint density at radius 2 is 1.19 bits per heavy atom. The fourth-order valence-corrected chi connectivity index (χ4v) is 7.33. The molecule has 3 amide bonds. The van der Waals surface area contributed by atoms with E-state index in [1.165, 1.54) is 27.7 Å². The summed E-state index contributed by atoms with van der Waals surface area (Å²) in [5, 5.41) is 8.58. The Morgan fingerprint density at radius 1 is 0.655 bits per heavy atom. The zero-order valence-corrected chi connectivity index (χ0v) is 36.0. The summed E-state index contributed by atoms with van der Waals surface area (Å²) in [5.41, 5.74) is 6.04. The van der Waals surface area contributed by atoms with Crippen LogP contribution in [0.2, 0.25) is 0 Å². The van der Waals surface area contributed by atoms with E-state index < -0.39 is 54.9 Å². The second-order valence-corrected chi connectivity index (χ2v) is 15.6. The lowest BCUT2D eigenvalue weighted by Crippen LogP contribution is -2.62. The Labute approximate surface area is 344 Å². The van der Waals surface area contributed by atoms with Gasteiger partial charge in [0.05, 0.1) is 12.1 Å². The van der Waals surface area contributed by atoms with Crippen LogP contribution < -0.4 is 21.7 Å². The third kappa shape index (κ3) is 18.7. The van der Waals surface area contributed by atoms with Crippen molar-refractivity contribution in [3.63, 3.8) is 0 Å². The van der Waals surface area contributed by atoms with Gasteiger partial charge in [0.25, 0.3) is 0 Å². The number of carbonyl (C=O) groups is 6. The largest absolute Gasteiger partial charge is 0.463 e. The summed E-state index contributed by atoms with van der Waals surface area (Å²) in [6, 6.07) is -1.40. The Bertz CT molecular complexity index is 1290. The van der Waals surface area contributed by atoms with Gasteiger partial charge >= 0.3 is 17.9 Å². The number of unbranched alkanes of at least 4 members (excludes halogenated alkanes) is 6. The summed E-state index contributed by atoms with van der Waals surface area (Å²) in [6.45, 7) is 15.1. The van der Waals surface area contributed by atoms with Crippen molar-refractivity contribution in [3.8, 4) is 0 Å². The van der Waals surface area contributed by atoms with Crippen molar-refractivity contribution in [1.29, 1.82) is 0 Å². The van der Waals surface area contributed by atoms with Gasteiger partial charge in [0.2, 0.25) is 17.7 Å². The van der Waals surface area contributed by atoms with Crippen LogP contribution in [0, 0.1) is 17.8 Å². The molecule has 0 aromatic rings. The third-order valence-corrected chi connectivity index (χ3v) is 10.6. The number of hydrogen-bond acceptors (Lipinski definition) is 14. The monoisotopic (exact) mass is 829 g/mol. The number of nitrogens with one attached hydrogen (secondary N) is 3. The zero-order chi connectivity index (χ0) is 43.2. The highest BCUT2D eigenvalue weighted by Crippen LogP contribution is 2.34. The van der Waals surface area contributed by atoms with Crippen LogP contribution >= 0.6 is 0 Å². The lowest BCUT2D eigenvalue weighted by molar-refractivity contribution is -0.271. The van der Waals surface area contributed by atoms with Crippen molar-refractivity contribution >= 4 is 35.6 Å². The fraction of sp³-hybridized carbons (Fsp3) is 0.854. The van der Waals surface area contributed by atoms with Crippen LogP contribution in [0.3, 0.4) is 0 Å². The van der Waals surface area contributed by atoms with E-state index in [9.17, 15) is 28.8 Å². The van der Waals surface area contributed by atoms with Gasteiger partial charge in [-0.2, -0.15) is 0 Å². The summed E-state index contributed by atoms with van der Waals surface area (Å²) in [7, 11) is 0. The van der Waals surface area contributed by atoms with E-state index >= 15 is 0 Å². The number of ether oxygens (including phenoxy) is 7. The number of rotatable bonds is 26. The maximum atomic E-state index is 12.5. The Balaban J connectivity index is 1.55. The van der Waals surface area contributed by atoms with Crippen molar-refractivity contribution in [1.82, 2.24) is 16.0 Å². The molecule has 17 nitrogen and oxygen atoms in total. The van der Waals surface area contributed by atoms with E-state index in [2.05, 4.69) is 16.0 Å².